The van der Waals surface area contributed by atoms with Gasteiger partial charge in [-0.25, -0.2) is 14.5 Å². The third-order valence-corrected chi connectivity index (χ3v) is 5.28. The molecule has 4 aromatic rings. The van der Waals surface area contributed by atoms with Gasteiger partial charge in [0.15, 0.2) is 4.96 Å². The molecule has 28 heavy (non-hydrogen) atoms. The molecule has 0 radical (unpaired) electrons. The first-order chi connectivity index (χ1) is 13.7. The molecule has 1 aromatic carbocycles. The number of carbonyl (C=O) groups excluding carboxylic acids is 1. The Morgan fingerprint density at radius 2 is 2.18 bits per heavy atom. The Morgan fingerprint density at radius 3 is 2.96 bits per heavy atom. The van der Waals surface area contributed by atoms with E-state index in [2.05, 4.69) is 15.4 Å². The molecule has 0 bridgehead atoms. The molecule has 0 saturated carbocycles. The van der Waals surface area contributed by atoms with Gasteiger partial charge in [0.2, 0.25) is 0 Å². The van der Waals surface area contributed by atoms with E-state index in [1.807, 2.05) is 40.4 Å². The summed E-state index contributed by atoms with van der Waals surface area (Å²) in [5.41, 5.74) is 2.74. The zero-order chi connectivity index (χ0) is 19.5. The minimum absolute atomic E-state index is 0.300. The number of ether oxygens (including phenoxy) is 1. The predicted molar refractivity (Wildman–Crippen MR) is 108 cm³/mol. The largest absolute Gasteiger partial charge is 0.462 e. The Morgan fingerprint density at radius 1 is 1.32 bits per heavy atom. The third-order valence-electron chi connectivity index (χ3n) is 4.19. The number of para-hydroxylation sites is 1. The normalized spacial score (nSPS) is 11.2. The summed E-state index contributed by atoms with van der Waals surface area (Å²) in [6.07, 6.45) is 5.48. The molecule has 3 heterocycles. The van der Waals surface area contributed by atoms with Crippen LogP contribution in [0.4, 0.5) is 0 Å². The first-order valence-corrected chi connectivity index (χ1v) is 10.0. The molecule has 0 aliphatic carbocycles. The average molecular weight is 416 g/mol. The van der Waals surface area contributed by atoms with Crippen molar-refractivity contribution in [3.05, 3.63) is 70.2 Å². The van der Waals surface area contributed by atoms with E-state index in [-0.39, 0.29) is 0 Å². The number of esters is 1. The van der Waals surface area contributed by atoms with Crippen molar-refractivity contribution in [2.45, 2.75) is 20.0 Å². The second kappa shape index (κ2) is 8.14. The zero-order valence-corrected chi connectivity index (χ0v) is 16.7. The molecular weight excluding hydrogens is 398 g/mol. The van der Waals surface area contributed by atoms with Crippen molar-refractivity contribution >= 4 is 33.9 Å². The number of fused-ring (bicyclic) bond motifs is 1. The summed E-state index contributed by atoms with van der Waals surface area (Å²) in [7, 11) is 0. The number of thiazole rings is 1. The first-order valence-electron chi connectivity index (χ1n) is 8.78. The van der Waals surface area contributed by atoms with Crippen LogP contribution >= 0.6 is 22.9 Å². The molecule has 7 nitrogen and oxygen atoms in total. The average Bonchev–Trinajstić information content (AvgIpc) is 3.37. The van der Waals surface area contributed by atoms with Gasteiger partial charge in [-0.1, -0.05) is 23.7 Å². The molecule has 1 N–H and O–H groups in total. The van der Waals surface area contributed by atoms with Gasteiger partial charge in [0, 0.05) is 30.9 Å². The lowest BCUT2D eigenvalue weighted by molar-refractivity contribution is 0.0525. The molecule has 0 aliphatic heterocycles. The fourth-order valence-corrected chi connectivity index (χ4v) is 3.86. The van der Waals surface area contributed by atoms with E-state index in [0.29, 0.717) is 41.7 Å². The number of aromatic nitrogens is 4. The van der Waals surface area contributed by atoms with E-state index in [1.165, 1.54) is 6.20 Å². The van der Waals surface area contributed by atoms with Crippen molar-refractivity contribution in [3.8, 4) is 5.69 Å². The number of hydrogen-bond acceptors (Lipinski definition) is 6. The number of imidazole rings is 1. The molecule has 4 rings (SSSR count). The topological polar surface area (TPSA) is 73.5 Å². The van der Waals surface area contributed by atoms with Crippen LogP contribution < -0.4 is 5.32 Å². The molecule has 9 heteroatoms. The Hall–Kier alpha value is -2.68. The van der Waals surface area contributed by atoms with Crippen LogP contribution in [0.3, 0.4) is 0 Å². The van der Waals surface area contributed by atoms with E-state index in [1.54, 1.807) is 29.0 Å². The molecule has 0 aliphatic rings. The van der Waals surface area contributed by atoms with Gasteiger partial charge in [-0.05, 0) is 19.1 Å². The Kier molecular flexibility index (Phi) is 5.43. The summed E-state index contributed by atoms with van der Waals surface area (Å²) in [6, 6.07) is 7.38. The summed E-state index contributed by atoms with van der Waals surface area (Å²) in [4.78, 5) is 17.9. The third kappa shape index (κ3) is 3.66. The molecule has 0 fully saturated rings. The molecule has 0 atom stereocenters. The van der Waals surface area contributed by atoms with Crippen LogP contribution in [0.5, 0.6) is 0 Å². The van der Waals surface area contributed by atoms with Crippen molar-refractivity contribution in [1.82, 2.24) is 24.5 Å². The van der Waals surface area contributed by atoms with Crippen LogP contribution in [0.2, 0.25) is 5.02 Å². The van der Waals surface area contributed by atoms with Gasteiger partial charge < -0.3 is 10.1 Å². The maximum Gasteiger partial charge on any atom is 0.341 e. The Bertz CT molecular complexity index is 1090. The van der Waals surface area contributed by atoms with Crippen molar-refractivity contribution in [3.63, 3.8) is 0 Å². The minimum atomic E-state index is -0.403. The second-order valence-electron chi connectivity index (χ2n) is 6.02. The Balaban J connectivity index is 1.59. The number of nitrogens with one attached hydrogen (secondary N) is 1. The van der Waals surface area contributed by atoms with Gasteiger partial charge in [-0.2, -0.15) is 5.10 Å². The van der Waals surface area contributed by atoms with Gasteiger partial charge >= 0.3 is 5.97 Å². The van der Waals surface area contributed by atoms with Crippen LogP contribution in [0.25, 0.3) is 10.6 Å². The van der Waals surface area contributed by atoms with Crippen LogP contribution in [-0.2, 0) is 17.8 Å². The second-order valence-corrected chi connectivity index (χ2v) is 7.30. The molecule has 0 amide bonds. The zero-order valence-electron chi connectivity index (χ0n) is 15.1. The highest BCUT2D eigenvalue weighted by Gasteiger charge is 2.20. The number of carbonyl (C=O) groups is 1. The molecule has 3 aromatic heterocycles. The minimum Gasteiger partial charge on any atom is -0.462 e. The van der Waals surface area contributed by atoms with Gasteiger partial charge in [0.05, 0.1) is 34.9 Å². The van der Waals surface area contributed by atoms with Crippen LogP contribution in [0, 0.1) is 0 Å². The van der Waals surface area contributed by atoms with Crippen molar-refractivity contribution < 1.29 is 9.53 Å². The van der Waals surface area contributed by atoms with Gasteiger partial charge in [0.25, 0.3) is 0 Å². The standard InChI is InChI=1S/C19H18ClN5O2S/c1-2-27-18(26)14-10-22-25(16-6-4-3-5-15(16)20)17(14)11-21-9-13-12-24-7-8-28-19(24)23-13/h3-8,10,12,21H,2,9,11H2,1H3. The summed E-state index contributed by atoms with van der Waals surface area (Å²) < 4.78 is 8.83. The van der Waals surface area contributed by atoms with Crippen molar-refractivity contribution in [1.29, 1.82) is 0 Å². The molecular formula is C19H18ClN5O2S. The maximum atomic E-state index is 12.4. The SMILES string of the molecule is CCOC(=O)c1cnn(-c2ccccc2Cl)c1CNCc1cn2ccsc2n1. The highest BCUT2D eigenvalue weighted by atomic mass is 35.5. The van der Waals surface area contributed by atoms with E-state index in [4.69, 9.17) is 16.3 Å². The van der Waals surface area contributed by atoms with Crippen molar-refractivity contribution in [2.75, 3.05) is 6.61 Å². The molecule has 144 valence electrons. The predicted octanol–water partition coefficient (Wildman–Crippen LogP) is 3.70. The summed E-state index contributed by atoms with van der Waals surface area (Å²) in [5, 5.41) is 10.3. The lowest BCUT2D eigenvalue weighted by atomic mass is 10.2. The fourth-order valence-electron chi connectivity index (χ4n) is 2.92. The quantitative estimate of drug-likeness (QED) is 0.466. The van der Waals surface area contributed by atoms with Gasteiger partial charge in [0.1, 0.15) is 5.56 Å². The maximum absolute atomic E-state index is 12.4. The van der Waals surface area contributed by atoms with Crippen LogP contribution in [-0.4, -0.2) is 31.7 Å². The fraction of sp³-hybridized carbons (Fsp3) is 0.211. The van der Waals surface area contributed by atoms with E-state index in [0.717, 1.165) is 10.7 Å². The van der Waals surface area contributed by atoms with Crippen LogP contribution in [0.15, 0.2) is 48.2 Å². The number of hydrogen-bond donors (Lipinski definition) is 1. The van der Waals surface area contributed by atoms with Gasteiger partial charge in [-0.3, -0.25) is 4.40 Å². The molecule has 0 saturated heterocycles. The first kappa shape index (κ1) is 18.7. The summed E-state index contributed by atoms with van der Waals surface area (Å²) in [5.74, 6) is -0.403. The van der Waals surface area contributed by atoms with E-state index in [9.17, 15) is 4.79 Å². The lowest BCUT2D eigenvalue weighted by Crippen LogP contribution is -2.19. The Labute approximate surface area is 170 Å². The number of benzene rings is 1. The lowest BCUT2D eigenvalue weighted by Gasteiger charge is -2.11. The monoisotopic (exact) mass is 415 g/mol. The van der Waals surface area contributed by atoms with Crippen LogP contribution in [0.1, 0.15) is 28.7 Å². The summed E-state index contributed by atoms with van der Waals surface area (Å²) in [6.45, 7) is 3.04. The van der Waals surface area contributed by atoms with E-state index < -0.39 is 5.97 Å². The highest BCUT2D eigenvalue weighted by molar-refractivity contribution is 7.15. The highest BCUT2D eigenvalue weighted by Crippen LogP contribution is 2.23. The number of rotatable bonds is 7. The smallest absolute Gasteiger partial charge is 0.341 e. The van der Waals surface area contributed by atoms with Gasteiger partial charge in [-0.15, -0.1) is 11.3 Å². The number of nitrogens with zero attached hydrogens (tertiary/aromatic N) is 4. The molecule has 0 spiro atoms. The summed E-state index contributed by atoms with van der Waals surface area (Å²) >= 11 is 7.92. The van der Waals surface area contributed by atoms with E-state index >= 15 is 0 Å². The van der Waals surface area contributed by atoms with Crippen molar-refractivity contribution in [2.24, 2.45) is 0 Å². The molecule has 0 unspecified atom stereocenters. The number of halogens is 1.